The Morgan fingerprint density at radius 3 is 1.90 bits per heavy atom. The van der Waals surface area contributed by atoms with E-state index in [4.69, 9.17) is 4.74 Å². The fourth-order valence-electron chi connectivity index (χ4n) is 4.12. The van der Waals surface area contributed by atoms with E-state index in [0.717, 1.165) is 41.3 Å². The van der Waals surface area contributed by atoms with E-state index in [1.807, 2.05) is 18.2 Å². The standard InChI is InChI=1S/C25H38O4S.Na/c1-3-4-5-6-7-8-9-10-11-12-13-14-16-21-19-23(30(26,27)28)20-22-17-15-18-24(29-2)25(21)22;/h15,17-20H,3-14,16H2,1-2H3,(H,26,27,28);/q;+1/p-1. The molecule has 0 aliphatic heterocycles. The van der Waals surface area contributed by atoms with Gasteiger partial charge in [0.15, 0.2) is 0 Å². The van der Waals surface area contributed by atoms with Gasteiger partial charge < -0.3 is 9.29 Å². The Morgan fingerprint density at radius 1 is 0.839 bits per heavy atom. The first-order chi connectivity index (χ1) is 14.5. The van der Waals surface area contributed by atoms with Gasteiger partial charge in [0.1, 0.15) is 15.9 Å². The second kappa shape index (κ2) is 15.3. The molecular weight excluding hydrogens is 419 g/mol. The number of ether oxygens (including phenoxy) is 1. The molecule has 0 saturated carbocycles. The zero-order valence-electron chi connectivity index (χ0n) is 19.6. The largest absolute Gasteiger partial charge is 1.00 e. The van der Waals surface area contributed by atoms with Gasteiger partial charge in [-0.3, -0.25) is 0 Å². The first-order valence-electron chi connectivity index (χ1n) is 11.5. The molecule has 0 amide bonds. The van der Waals surface area contributed by atoms with Gasteiger partial charge >= 0.3 is 29.6 Å². The van der Waals surface area contributed by atoms with Gasteiger partial charge in [0.05, 0.1) is 12.0 Å². The molecule has 2 rings (SSSR count). The van der Waals surface area contributed by atoms with Crippen molar-refractivity contribution in [2.75, 3.05) is 7.11 Å². The summed E-state index contributed by atoms with van der Waals surface area (Å²) in [5.41, 5.74) is 0.881. The molecule has 31 heavy (non-hydrogen) atoms. The summed E-state index contributed by atoms with van der Waals surface area (Å²) in [7, 11) is -2.87. The van der Waals surface area contributed by atoms with Crippen molar-refractivity contribution in [1.82, 2.24) is 0 Å². The van der Waals surface area contributed by atoms with Crippen LogP contribution in [0, 0.1) is 0 Å². The predicted molar refractivity (Wildman–Crippen MR) is 123 cm³/mol. The van der Waals surface area contributed by atoms with Gasteiger partial charge in [-0.25, -0.2) is 8.42 Å². The quantitative estimate of drug-likeness (QED) is 0.231. The maximum Gasteiger partial charge on any atom is 1.00 e. The van der Waals surface area contributed by atoms with Crippen LogP contribution >= 0.6 is 0 Å². The summed E-state index contributed by atoms with van der Waals surface area (Å²) in [6.07, 6.45) is 16.1. The normalized spacial score (nSPS) is 11.5. The molecule has 2 aromatic carbocycles. The summed E-state index contributed by atoms with van der Waals surface area (Å²) in [4.78, 5) is -0.155. The molecule has 0 heterocycles. The van der Waals surface area contributed by atoms with E-state index in [9.17, 15) is 13.0 Å². The van der Waals surface area contributed by atoms with Crippen LogP contribution in [0.15, 0.2) is 35.2 Å². The topological polar surface area (TPSA) is 66.4 Å². The maximum atomic E-state index is 11.6. The van der Waals surface area contributed by atoms with Gasteiger partial charge in [0, 0.05) is 5.39 Å². The molecule has 0 aliphatic rings. The van der Waals surface area contributed by atoms with Gasteiger partial charge in [-0.05, 0) is 42.0 Å². The molecule has 0 saturated heterocycles. The average Bonchev–Trinajstić information content (AvgIpc) is 2.73. The van der Waals surface area contributed by atoms with Crippen molar-refractivity contribution in [3.63, 3.8) is 0 Å². The van der Waals surface area contributed by atoms with Gasteiger partial charge in [-0.1, -0.05) is 89.7 Å². The minimum atomic E-state index is -4.48. The molecular formula is C25H37NaO4S. The molecule has 4 nitrogen and oxygen atoms in total. The Kier molecular flexibility index (Phi) is 14.0. The molecule has 0 atom stereocenters. The molecule has 168 valence electrons. The van der Waals surface area contributed by atoms with Crippen molar-refractivity contribution in [1.29, 1.82) is 0 Å². The molecule has 0 unspecified atom stereocenters. The summed E-state index contributed by atoms with van der Waals surface area (Å²) >= 11 is 0. The number of fused-ring (bicyclic) bond motifs is 1. The van der Waals surface area contributed by atoms with Crippen LogP contribution in [0.5, 0.6) is 5.75 Å². The second-order valence-corrected chi connectivity index (χ2v) is 9.61. The summed E-state index contributed by atoms with van der Waals surface area (Å²) < 4.78 is 40.2. The van der Waals surface area contributed by atoms with Crippen LogP contribution in [0.25, 0.3) is 10.8 Å². The van der Waals surface area contributed by atoms with Crippen LogP contribution in [-0.4, -0.2) is 20.1 Å². The minimum absolute atomic E-state index is 0. The zero-order valence-corrected chi connectivity index (χ0v) is 22.4. The summed E-state index contributed by atoms with van der Waals surface area (Å²) in [5.74, 6) is 0.719. The maximum absolute atomic E-state index is 11.6. The number of methoxy groups -OCH3 is 1. The van der Waals surface area contributed by atoms with E-state index >= 15 is 0 Å². The first-order valence-corrected chi connectivity index (χ1v) is 12.9. The number of hydrogen-bond acceptors (Lipinski definition) is 4. The van der Waals surface area contributed by atoms with E-state index in [1.54, 1.807) is 7.11 Å². The Hall–Kier alpha value is -0.590. The summed E-state index contributed by atoms with van der Waals surface area (Å²) in [5, 5.41) is 1.65. The van der Waals surface area contributed by atoms with Crippen molar-refractivity contribution in [2.24, 2.45) is 0 Å². The van der Waals surface area contributed by atoms with Crippen LogP contribution in [-0.2, 0) is 16.5 Å². The monoisotopic (exact) mass is 456 g/mol. The summed E-state index contributed by atoms with van der Waals surface area (Å²) in [6.45, 7) is 2.25. The fraction of sp³-hybridized carbons (Fsp3) is 0.600. The molecule has 0 fully saturated rings. The van der Waals surface area contributed by atoms with Crippen molar-refractivity contribution < 1.29 is 47.3 Å². The van der Waals surface area contributed by atoms with E-state index in [2.05, 4.69) is 6.92 Å². The molecule has 0 radical (unpaired) electrons. The minimum Gasteiger partial charge on any atom is -0.744 e. The van der Waals surface area contributed by atoms with Crippen LogP contribution in [0.3, 0.4) is 0 Å². The number of hydrogen-bond donors (Lipinski definition) is 0. The van der Waals surface area contributed by atoms with Crippen LogP contribution in [0.1, 0.15) is 89.5 Å². The van der Waals surface area contributed by atoms with Gasteiger partial charge in [0.2, 0.25) is 0 Å². The Morgan fingerprint density at radius 2 is 1.39 bits per heavy atom. The molecule has 6 heteroatoms. The molecule has 0 N–H and O–H groups in total. The number of benzene rings is 2. The third-order valence-corrected chi connectivity index (χ3v) is 6.62. The Bertz CT molecular complexity index is 880. The van der Waals surface area contributed by atoms with E-state index in [-0.39, 0.29) is 34.5 Å². The average molecular weight is 457 g/mol. The smallest absolute Gasteiger partial charge is 0.744 e. The van der Waals surface area contributed by atoms with Crippen molar-refractivity contribution in [2.45, 2.75) is 95.3 Å². The Labute approximate surface area is 211 Å². The van der Waals surface area contributed by atoms with E-state index in [0.29, 0.717) is 0 Å². The fourth-order valence-corrected chi connectivity index (χ4v) is 4.68. The van der Waals surface area contributed by atoms with Gasteiger partial charge in [0.25, 0.3) is 0 Å². The predicted octanol–water partition coefficient (Wildman–Crippen LogP) is 4.00. The van der Waals surface area contributed by atoms with E-state index in [1.165, 1.54) is 76.3 Å². The van der Waals surface area contributed by atoms with Gasteiger partial charge in [-0.15, -0.1) is 0 Å². The molecule has 0 bridgehead atoms. The second-order valence-electron chi connectivity index (χ2n) is 8.23. The third kappa shape index (κ3) is 9.83. The number of rotatable bonds is 15. The molecule has 0 aromatic heterocycles. The van der Waals surface area contributed by atoms with Crippen molar-refractivity contribution in [3.05, 3.63) is 35.9 Å². The Balaban J connectivity index is 0.00000480. The van der Waals surface area contributed by atoms with Crippen LogP contribution in [0.2, 0.25) is 0 Å². The van der Waals surface area contributed by atoms with Crippen molar-refractivity contribution in [3.8, 4) is 5.75 Å². The SMILES string of the molecule is CCCCCCCCCCCCCCc1cc(S(=O)(=O)[O-])cc2cccc(OC)c12.[Na+]. The van der Waals surface area contributed by atoms with E-state index < -0.39 is 10.1 Å². The first kappa shape index (κ1) is 28.4. The zero-order chi connectivity index (χ0) is 21.8. The molecule has 0 spiro atoms. The molecule has 0 aliphatic carbocycles. The third-order valence-electron chi connectivity index (χ3n) is 5.80. The summed E-state index contributed by atoms with van der Waals surface area (Å²) in [6, 6.07) is 8.51. The number of unbranched alkanes of at least 4 members (excludes halogenated alkanes) is 11. The van der Waals surface area contributed by atoms with Crippen molar-refractivity contribution >= 4 is 20.9 Å². The van der Waals surface area contributed by atoms with Gasteiger partial charge in [-0.2, -0.15) is 0 Å². The number of aryl methyl sites for hydroxylation is 1. The van der Waals surface area contributed by atoms with Crippen LogP contribution < -0.4 is 34.3 Å². The van der Waals surface area contributed by atoms with Crippen LogP contribution in [0.4, 0.5) is 0 Å². The molecule has 2 aromatic rings.